The van der Waals surface area contributed by atoms with E-state index in [0.29, 0.717) is 12.1 Å². The van der Waals surface area contributed by atoms with Crippen LogP contribution in [0.1, 0.15) is 30.1 Å². The van der Waals surface area contributed by atoms with Gasteiger partial charge < -0.3 is 11.1 Å². The molecule has 1 aromatic carbocycles. The van der Waals surface area contributed by atoms with Crippen LogP contribution in [0.5, 0.6) is 0 Å². The summed E-state index contributed by atoms with van der Waals surface area (Å²) < 4.78 is 12.9. The van der Waals surface area contributed by atoms with Crippen molar-refractivity contribution in [2.75, 3.05) is 0 Å². The van der Waals surface area contributed by atoms with Crippen LogP contribution in [-0.4, -0.2) is 22.8 Å². The largest absolute Gasteiger partial charge is 0.368 e. The van der Waals surface area contributed by atoms with Gasteiger partial charge >= 0.3 is 0 Å². The topological polar surface area (TPSA) is 85.1 Å². The van der Waals surface area contributed by atoms with Crippen molar-refractivity contribution in [3.63, 3.8) is 0 Å². The molecule has 1 unspecified atom stereocenters. The summed E-state index contributed by atoms with van der Waals surface area (Å²) in [6.07, 6.45) is 0.679. The van der Waals surface area contributed by atoms with Crippen LogP contribution >= 0.6 is 11.3 Å². The molecular weight excluding hydrogens is 329 g/mol. The summed E-state index contributed by atoms with van der Waals surface area (Å²) in [5, 5.41) is 5.30. The number of carbonyl (C=O) groups is 2. The lowest BCUT2D eigenvalue weighted by Gasteiger charge is -2.18. The molecule has 0 saturated heterocycles. The molecule has 24 heavy (non-hydrogen) atoms. The van der Waals surface area contributed by atoms with E-state index in [9.17, 15) is 14.0 Å². The normalized spacial score (nSPS) is 12.2. The fraction of sp³-hybridized carbons (Fsp3) is 0.353. The van der Waals surface area contributed by atoms with E-state index in [-0.39, 0.29) is 24.1 Å². The van der Waals surface area contributed by atoms with Crippen molar-refractivity contribution in [2.24, 2.45) is 11.7 Å². The molecule has 1 heterocycles. The molecule has 7 heteroatoms. The number of nitrogens with zero attached hydrogens (tertiary/aromatic N) is 1. The maximum atomic E-state index is 12.9. The number of hydrogen-bond donors (Lipinski definition) is 2. The molecule has 0 radical (unpaired) electrons. The maximum Gasteiger partial charge on any atom is 0.240 e. The molecule has 0 bridgehead atoms. The first-order chi connectivity index (χ1) is 11.3. The highest BCUT2D eigenvalue weighted by Crippen LogP contribution is 2.16. The van der Waals surface area contributed by atoms with E-state index in [2.05, 4.69) is 10.3 Å². The van der Waals surface area contributed by atoms with Gasteiger partial charge in [-0.25, -0.2) is 9.37 Å². The van der Waals surface area contributed by atoms with Crippen molar-refractivity contribution in [1.29, 1.82) is 0 Å². The predicted molar refractivity (Wildman–Crippen MR) is 91.0 cm³/mol. The average Bonchev–Trinajstić information content (AvgIpc) is 2.93. The van der Waals surface area contributed by atoms with Crippen LogP contribution in [0.2, 0.25) is 0 Å². The van der Waals surface area contributed by atoms with Gasteiger partial charge in [0.2, 0.25) is 11.8 Å². The summed E-state index contributed by atoms with van der Waals surface area (Å²) in [6.45, 7) is 3.64. The first-order valence-corrected chi connectivity index (χ1v) is 8.49. The summed E-state index contributed by atoms with van der Waals surface area (Å²) in [7, 11) is 0. The summed E-state index contributed by atoms with van der Waals surface area (Å²) in [4.78, 5) is 27.8. The quantitative estimate of drug-likeness (QED) is 0.802. The number of rotatable bonds is 7. The highest BCUT2D eigenvalue weighted by atomic mass is 32.1. The lowest BCUT2D eigenvalue weighted by atomic mass is 10.0. The van der Waals surface area contributed by atoms with Gasteiger partial charge in [-0.2, -0.15) is 0 Å². The molecule has 1 atom stereocenters. The maximum absolute atomic E-state index is 12.9. The Morgan fingerprint density at radius 2 is 1.96 bits per heavy atom. The molecule has 2 aromatic rings. The van der Waals surface area contributed by atoms with Crippen LogP contribution in [0, 0.1) is 11.7 Å². The van der Waals surface area contributed by atoms with Crippen LogP contribution in [0.15, 0.2) is 29.6 Å². The molecular formula is C17H20FN3O2S. The molecule has 0 aliphatic heterocycles. The summed E-state index contributed by atoms with van der Waals surface area (Å²) in [5.74, 6) is -1.18. The monoisotopic (exact) mass is 349 g/mol. The Labute approximate surface area is 144 Å². The molecule has 5 nitrogen and oxygen atoms in total. The van der Waals surface area contributed by atoms with Crippen molar-refractivity contribution < 1.29 is 14.0 Å². The smallest absolute Gasteiger partial charge is 0.240 e. The van der Waals surface area contributed by atoms with E-state index in [4.69, 9.17) is 5.73 Å². The molecule has 0 spiro atoms. The van der Waals surface area contributed by atoms with Gasteiger partial charge in [0.1, 0.15) is 11.9 Å². The number of halogens is 1. The van der Waals surface area contributed by atoms with Gasteiger partial charge in [0, 0.05) is 11.8 Å². The van der Waals surface area contributed by atoms with Crippen molar-refractivity contribution in [2.45, 2.75) is 32.7 Å². The Hall–Kier alpha value is -2.28. The third kappa shape index (κ3) is 5.13. The number of nitrogens with one attached hydrogen (secondary N) is 1. The average molecular weight is 349 g/mol. The Morgan fingerprint density at radius 3 is 2.54 bits per heavy atom. The van der Waals surface area contributed by atoms with E-state index >= 15 is 0 Å². The molecule has 3 N–H and O–H groups in total. The van der Waals surface area contributed by atoms with Gasteiger partial charge in [-0.05, 0) is 23.6 Å². The lowest BCUT2D eigenvalue weighted by Crippen LogP contribution is -2.48. The second kappa shape index (κ2) is 8.01. The first-order valence-electron chi connectivity index (χ1n) is 7.61. The number of aromatic nitrogens is 1. The predicted octanol–water partition coefficient (Wildman–Crippen LogP) is 2.04. The standard InChI is InChI=1S/C17H20FN3O2S/c1-10(2)16(17(19)23)21-14(22)8-13-9-24-15(20-13)7-11-3-5-12(18)6-4-11/h3-6,9-10,16H,7-8H2,1-2H3,(H2,19,23)(H,21,22). The highest BCUT2D eigenvalue weighted by molar-refractivity contribution is 7.09. The Bertz CT molecular complexity index is 713. The summed E-state index contributed by atoms with van der Waals surface area (Å²) >= 11 is 1.45. The van der Waals surface area contributed by atoms with Gasteiger partial charge in [0.25, 0.3) is 0 Å². The molecule has 0 fully saturated rings. The zero-order valence-electron chi connectivity index (χ0n) is 13.6. The Morgan fingerprint density at radius 1 is 1.29 bits per heavy atom. The van der Waals surface area contributed by atoms with Gasteiger partial charge in [0.05, 0.1) is 17.1 Å². The van der Waals surface area contributed by atoms with E-state index in [0.717, 1.165) is 10.6 Å². The lowest BCUT2D eigenvalue weighted by molar-refractivity contribution is -0.128. The van der Waals surface area contributed by atoms with E-state index in [1.165, 1.54) is 23.5 Å². The van der Waals surface area contributed by atoms with Gasteiger partial charge in [0.15, 0.2) is 0 Å². The summed E-state index contributed by atoms with van der Waals surface area (Å²) in [5.41, 5.74) is 6.88. The third-order valence-electron chi connectivity index (χ3n) is 3.50. The number of amides is 2. The number of benzene rings is 1. The van der Waals surface area contributed by atoms with Crippen molar-refractivity contribution in [1.82, 2.24) is 10.3 Å². The van der Waals surface area contributed by atoms with Crippen LogP contribution in [0.4, 0.5) is 4.39 Å². The number of thiazole rings is 1. The van der Waals surface area contributed by atoms with E-state index < -0.39 is 11.9 Å². The van der Waals surface area contributed by atoms with Crippen LogP contribution in [0.3, 0.4) is 0 Å². The van der Waals surface area contributed by atoms with Crippen molar-refractivity contribution >= 4 is 23.2 Å². The van der Waals surface area contributed by atoms with Crippen LogP contribution in [0.25, 0.3) is 0 Å². The molecule has 128 valence electrons. The Kier molecular flexibility index (Phi) is 6.03. The fourth-order valence-corrected chi connectivity index (χ4v) is 3.07. The molecule has 2 amide bonds. The SMILES string of the molecule is CC(C)C(NC(=O)Cc1csc(Cc2ccc(F)cc2)n1)C(N)=O. The summed E-state index contributed by atoms with van der Waals surface area (Å²) in [6, 6.07) is 5.56. The molecule has 1 aromatic heterocycles. The number of hydrogen-bond acceptors (Lipinski definition) is 4. The van der Waals surface area contributed by atoms with Crippen molar-refractivity contribution in [3.8, 4) is 0 Å². The van der Waals surface area contributed by atoms with Crippen molar-refractivity contribution in [3.05, 3.63) is 51.7 Å². The fourth-order valence-electron chi connectivity index (χ4n) is 2.24. The second-order valence-corrected chi connectivity index (χ2v) is 6.85. The molecule has 0 saturated carbocycles. The van der Waals surface area contributed by atoms with E-state index in [1.807, 2.05) is 19.2 Å². The molecule has 2 rings (SSSR count). The van der Waals surface area contributed by atoms with Gasteiger partial charge in [-0.1, -0.05) is 26.0 Å². The molecule has 0 aliphatic rings. The minimum Gasteiger partial charge on any atom is -0.368 e. The minimum absolute atomic E-state index is 0.0732. The van der Waals surface area contributed by atoms with Crippen LogP contribution < -0.4 is 11.1 Å². The molecule has 0 aliphatic carbocycles. The number of nitrogens with two attached hydrogens (primary N) is 1. The highest BCUT2D eigenvalue weighted by Gasteiger charge is 2.22. The van der Waals surface area contributed by atoms with Crippen LogP contribution in [-0.2, 0) is 22.4 Å². The number of carbonyl (C=O) groups excluding carboxylic acids is 2. The zero-order chi connectivity index (χ0) is 17.7. The number of primary amides is 1. The second-order valence-electron chi connectivity index (χ2n) is 5.90. The third-order valence-corrected chi connectivity index (χ3v) is 4.40. The zero-order valence-corrected chi connectivity index (χ0v) is 14.4. The van der Waals surface area contributed by atoms with E-state index in [1.54, 1.807) is 12.1 Å². The Balaban J connectivity index is 1.94. The first kappa shape index (κ1) is 18.1. The minimum atomic E-state index is -0.685. The van der Waals surface area contributed by atoms with Gasteiger partial charge in [-0.3, -0.25) is 9.59 Å². The van der Waals surface area contributed by atoms with Gasteiger partial charge in [-0.15, -0.1) is 11.3 Å².